The number of carboxylic acids is 1. The van der Waals surface area contributed by atoms with E-state index in [1.807, 2.05) is 0 Å². The second-order valence-corrected chi connectivity index (χ2v) is 7.16. The summed E-state index contributed by atoms with van der Waals surface area (Å²) in [6.07, 6.45) is -1.08. The van der Waals surface area contributed by atoms with Crippen LogP contribution in [0, 0.1) is 0 Å². The molecule has 8 nitrogen and oxygen atoms in total. The number of hydrogen-bond acceptors (Lipinski definition) is 5. The van der Waals surface area contributed by atoms with Crippen molar-refractivity contribution in [1.29, 1.82) is 0 Å². The highest BCUT2D eigenvalue weighted by Crippen LogP contribution is 2.14. The van der Waals surface area contributed by atoms with Crippen molar-refractivity contribution in [1.82, 2.24) is 9.21 Å². The van der Waals surface area contributed by atoms with Crippen molar-refractivity contribution in [3.8, 4) is 0 Å². The van der Waals surface area contributed by atoms with Crippen LogP contribution in [0.15, 0.2) is 35.2 Å². The molecule has 1 aromatic rings. The lowest BCUT2D eigenvalue weighted by Gasteiger charge is -2.31. The van der Waals surface area contributed by atoms with Gasteiger partial charge in [0.1, 0.15) is 0 Å². The minimum absolute atomic E-state index is 0.0899. The Morgan fingerprint density at radius 2 is 2.00 bits per heavy atom. The van der Waals surface area contributed by atoms with Crippen LogP contribution in [-0.2, 0) is 24.3 Å². The van der Waals surface area contributed by atoms with Crippen molar-refractivity contribution in [2.45, 2.75) is 11.0 Å². The number of carbonyl (C=O) groups is 2. The van der Waals surface area contributed by atoms with Crippen LogP contribution in [0.25, 0.3) is 0 Å². The topological polar surface area (TPSA) is 104 Å². The second kappa shape index (κ2) is 7.07. The van der Waals surface area contributed by atoms with Crippen molar-refractivity contribution in [3.63, 3.8) is 0 Å². The molecule has 1 aliphatic heterocycles. The number of aliphatic carboxylic acids is 1. The molecule has 0 saturated carbocycles. The number of carboxylic acid groups (broad SMARTS) is 1. The van der Waals surface area contributed by atoms with Gasteiger partial charge in [-0.1, -0.05) is 18.2 Å². The van der Waals surface area contributed by atoms with E-state index in [4.69, 9.17) is 9.84 Å². The third-order valence-corrected chi connectivity index (χ3v) is 5.32. The molecule has 0 radical (unpaired) electrons. The molecule has 1 atom stereocenters. The third kappa shape index (κ3) is 4.06. The average molecular weight is 342 g/mol. The fraction of sp³-hybridized carbons (Fsp3) is 0.429. The molecular weight excluding hydrogens is 324 g/mol. The number of sulfonamides is 1. The molecule has 2 rings (SSSR count). The highest BCUT2D eigenvalue weighted by molar-refractivity contribution is 7.89. The van der Waals surface area contributed by atoms with E-state index in [0.29, 0.717) is 0 Å². The lowest BCUT2D eigenvalue weighted by molar-refractivity contribution is -0.159. The SMILES string of the molecule is CN(CC(=O)N1CCOC(C(=O)O)C1)S(=O)(=O)c1ccccc1. The quantitative estimate of drug-likeness (QED) is 0.782. The second-order valence-electron chi connectivity index (χ2n) is 5.11. The lowest BCUT2D eigenvalue weighted by atomic mass is 10.2. The van der Waals surface area contributed by atoms with E-state index in [9.17, 15) is 18.0 Å². The molecule has 1 heterocycles. The van der Waals surface area contributed by atoms with Crippen LogP contribution in [-0.4, -0.2) is 74.0 Å². The summed E-state index contributed by atoms with van der Waals surface area (Å²) in [7, 11) is -2.45. The Labute approximate surface area is 134 Å². The Balaban J connectivity index is 2.03. The minimum Gasteiger partial charge on any atom is -0.479 e. The van der Waals surface area contributed by atoms with Crippen LogP contribution in [0.1, 0.15) is 0 Å². The summed E-state index contributed by atoms with van der Waals surface area (Å²) < 4.78 is 30.7. The Morgan fingerprint density at radius 3 is 2.61 bits per heavy atom. The molecule has 1 saturated heterocycles. The summed E-state index contributed by atoms with van der Waals surface area (Å²) in [4.78, 5) is 24.5. The number of morpholine rings is 1. The van der Waals surface area contributed by atoms with Gasteiger partial charge in [-0.25, -0.2) is 13.2 Å². The Kier molecular flexibility index (Phi) is 5.34. The number of ether oxygens (including phenoxy) is 1. The Morgan fingerprint density at radius 1 is 1.35 bits per heavy atom. The third-order valence-electron chi connectivity index (χ3n) is 3.50. The van der Waals surface area contributed by atoms with Gasteiger partial charge in [-0.15, -0.1) is 0 Å². The molecule has 0 bridgehead atoms. The molecule has 9 heteroatoms. The van der Waals surface area contributed by atoms with Crippen LogP contribution >= 0.6 is 0 Å². The monoisotopic (exact) mass is 342 g/mol. The molecule has 1 fully saturated rings. The molecule has 1 aromatic carbocycles. The summed E-state index contributed by atoms with van der Waals surface area (Å²) in [5, 5.41) is 8.93. The van der Waals surface area contributed by atoms with Crippen LogP contribution < -0.4 is 0 Å². The normalized spacial score (nSPS) is 18.9. The highest BCUT2D eigenvalue weighted by atomic mass is 32.2. The average Bonchev–Trinajstić information content (AvgIpc) is 2.55. The molecule has 0 aromatic heterocycles. The van der Waals surface area contributed by atoms with Crippen LogP contribution in [0.2, 0.25) is 0 Å². The highest BCUT2D eigenvalue weighted by Gasteiger charge is 2.31. The standard InChI is InChI=1S/C14H18N2O6S/c1-15(23(20,21)11-5-3-2-4-6-11)10-13(17)16-7-8-22-12(9-16)14(18)19/h2-6,12H,7-10H2,1H3,(H,18,19). The Bertz CT molecular complexity index is 676. The zero-order chi connectivity index (χ0) is 17.0. The molecule has 1 amide bonds. The molecule has 0 spiro atoms. The first-order chi connectivity index (χ1) is 10.8. The summed E-state index contributed by atoms with van der Waals surface area (Å²) >= 11 is 0. The number of carbonyl (C=O) groups excluding carboxylic acids is 1. The van der Waals surface area contributed by atoms with Crippen molar-refractivity contribution in [3.05, 3.63) is 30.3 Å². The number of likely N-dealkylation sites (N-methyl/N-ethyl adjacent to an activating group) is 1. The van der Waals surface area contributed by atoms with Gasteiger partial charge < -0.3 is 14.7 Å². The molecular formula is C14H18N2O6S. The first kappa shape index (κ1) is 17.4. The molecule has 23 heavy (non-hydrogen) atoms. The Hall–Kier alpha value is -1.97. The first-order valence-electron chi connectivity index (χ1n) is 6.96. The van der Waals surface area contributed by atoms with Gasteiger partial charge in [0.05, 0.1) is 24.6 Å². The van der Waals surface area contributed by atoms with Gasteiger partial charge in [0.15, 0.2) is 6.10 Å². The van der Waals surface area contributed by atoms with Crippen molar-refractivity contribution in [2.75, 3.05) is 33.3 Å². The maximum Gasteiger partial charge on any atom is 0.334 e. The van der Waals surface area contributed by atoms with Gasteiger partial charge in [-0.3, -0.25) is 4.79 Å². The van der Waals surface area contributed by atoms with Gasteiger partial charge in [-0.2, -0.15) is 4.31 Å². The van der Waals surface area contributed by atoms with E-state index in [1.165, 1.54) is 24.1 Å². The van der Waals surface area contributed by atoms with E-state index in [-0.39, 0.29) is 31.1 Å². The number of nitrogens with zero attached hydrogens (tertiary/aromatic N) is 2. The van der Waals surface area contributed by atoms with Crippen molar-refractivity contribution < 1.29 is 27.9 Å². The van der Waals surface area contributed by atoms with Gasteiger partial charge in [-0.05, 0) is 12.1 Å². The number of hydrogen-bond donors (Lipinski definition) is 1. The largest absolute Gasteiger partial charge is 0.479 e. The van der Waals surface area contributed by atoms with Crippen molar-refractivity contribution in [2.24, 2.45) is 0 Å². The summed E-state index contributed by atoms with van der Waals surface area (Å²) in [6.45, 7) is -0.101. The maximum atomic E-state index is 12.4. The molecule has 126 valence electrons. The zero-order valence-electron chi connectivity index (χ0n) is 12.6. The van der Waals surface area contributed by atoms with Gasteiger partial charge >= 0.3 is 5.97 Å². The molecule has 1 N–H and O–H groups in total. The predicted octanol–water partition coefficient (Wildman–Crippen LogP) is -0.381. The zero-order valence-corrected chi connectivity index (χ0v) is 13.4. The summed E-state index contributed by atoms with van der Waals surface area (Å²) in [5.41, 5.74) is 0. The smallest absolute Gasteiger partial charge is 0.334 e. The maximum absolute atomic E-state index is 12.4. The number of benzene rings is 1. The van der Waals surface area contributed by atoms with E-state index in [2.05, 4.69) is 0 Å². The van der Waals surface area contributed by atoms with E-state index >= 15 is 0 Å². The van der Waals surface area contributed by atoms with Gasteiger partial charge in [0.2, 0.25) is 15.9 Å². The fourth-order valence-corrected chi connectivity index (χ4v) is 3.31. The van der Waals surface area contributed by atoms with Gasteiger partial charge in [0.25, 0.3) is 0 Å². The fourth-order valence-electron chi connectivity index (χ4n) is 2.17. The van der Waals surface area contributed by atoms with Crippen molar-refractivity contribution >= 4 is 21.9 Å². The van der Waals surface area contributed by atoms with E-state index in [0.717, 1.165) is 4.31 Å². The molecule has 0 aliphatic carbocycles. The van der Waals surface area contributed by atoms with E-state index < -0.39 is 28.0 Å². The summed E-state index contributed by atoms with van der Waals surface area (Å²) in [6, 6.07) is 7.80. The summed E-state index contributed by atoms with van der Waals surface area (Å²) in [5.74, 6) is -1.60. The minimum atomic E-state index is -3.76. The van der Waals surface area contributed by atoms with E-state index in [1.54, 1.807) is 18.2 Å². The van der Waals surface area contributed by atoms with Gasteiger partial charge in [0, 0.05) is 13.6 Å². The number of amides is 1. The predicted molar refractivity (Wildman–Crippen MR) is 80.2 cm³/mol. The molecule has 1 aliphatic rings. The molecule has 1 unspecified atom stereocenters. The van der Waals surface area contributed by atoms with Crippen LogP contribution in [0.4, 0.5) is 0 Å². The lowest BCUT2D eigenvalue weighted by Crippen LogP contribution is -2.51. The first-order valence-corrected chi connectivity index (χ1v) is 8.40. The number of rotatable bonds is 5. The van der Waals surface area contributed by atoms with Crippen LogP contribution in [0.3, 0.4) is 0 Å². The van der Waals surface area contributed by atoms with Crippen LogP contribution in [0.5, 0.6) is 0 Å².